The topological polar surface area (TPSA) is 76.4 Å². The molecule has 0 aliphatic carbocycles. The SMILES string of the molecule is Cc1nc(NC(=O)N[C@H]2CC(C)(C)Oc3ccccc32)oc1C. The van der Waals surface area contributed by atoms with Crippen molar-refractivity contribution >= 4 is 12.0 Å². The summed E-state index contributed by atoms with van der Waals surface area (Å²) in [5.41, 5.74) is 1.39. The monoisotopic (exact) mass is 315 g/mol. The number of nitrogens with zero attached hydrogens (tertiary/aromatic N) is 1. The Hall–Kier alpha value is -2.50. The molecule has 1 aromatic heterocycles. The maximum atomic E-state index is 12.3. The number of fused-ring (bicyclic) bond motifs is 1. The summed E-state index contributed by atoms with van der Waals surface area (Å²) in [6.07, 6.45) is 0.682. The highest BCUT2D eigenvalue weighted by atomic mass is 16.5. The summed E-state index contributed by atoms with van der Waals surface area (Å²) < 4.78 is 11.3. The average molecular weight is 315 g/mol. The van der Waals surface area contributed by atoms with E-state index >= 15 is 0 Å². The van der Waals surface area contributed by atoms with E-state index in [1.807, 2.05) is 52.0 Å². The second-order valence-corrected chi connectivity index (χ2v) is 6.42. The van der Waals surface area contributed by atoms with Crippen LogP contribution in [0.5, 0.6) is 5.75 Å². The molecule has 3 rings (SSSR count). The van der Waals surface area contributed by atoms with Crippen LogP contribution in [-0.4, -0.2) is 16.6 Å². The number of rotatable bonds is 2. The molecule has 1 aromatic carbocycles. The number of carbonyl (C=O) groups excluding carboxylic acids is 1. The fourth-order valence-corrected chi connectivity index (χ4v) is 2.75. The standard InChI is InChI=1S/C17H21N3O3/c1-10-11(2)22-16(18-10)20-15(21)19-13-9-17(3,4)23-14-8-6-5-7-12(13)14/h5-8,13H,9H2,1-4H3,(H2,18,19,20,21)/t13-/m0/s1. The Morgan fingerprint density at radius 3 is 2.74 bits per heavy atom. The lowest BCUT2D eigenvalue weighted by Crippen LogP contribution is -2.42. The molecule has 0 saturated carbocycles. The number of nitrogens with one attached hydrogen (secondary N) is 2. The Bertz CT molecular complexity index is 717. The molecule has 2 amide bonds. The zero-order valence-corrected chi connectivity index (χ0v) is 13.8. The summed E-state index contributed by atoms with van der Waals surface area (Å²) in [7, 11) is 0. The van der Waals surface area contributed by atoms with Crippen molar-refractivity contribution in [3.63, 3.8) is 0 Å². The molecule has 0 saturated heterocycles. The van der Waals surface area contributed by atoms with Crippen LogP contribution in [0.15, 0.2) is 28.7 Å². The third-order valence-corrected chi connectivity index (χ3v) is 3.93. The first kappa shape index (κ1) is 15.4. The number of amides is 2. The van der Waals surface area contributed by atoms with Gasteiger partial charge in [0.1, 0.15) is 17.1 Å². The van der Waals surface area contributed by atoms with Crippen LogP contribution in [0.3, 0.4) is 0 Å². The van der Waals surface area contributed by atoms with Gasteiger partial charge in [-0.15, -0.1) is 0 Å². The third kappa shape index (κ3) is 3.31. The number of para-hydroxylation sites is 1. The van der Waals surface area contributed by atoms with Crippen LogP contribution in [0, 0.1) is 13.8 Å². The number of hydrogen-bond acceptors (Lipinski definition) is 4. The smallest absolute Gasteiger partial charge is 0.323 e. The number of ether oxygens (including phenoxy) is 1. The van der Waals surface area contributed by atoms with Crippen molar-refractivity contribution in [3.8, 4) is 5.75 Å². The Balaban J connectivity index is 1.75. The predicted octanol–water partition coefficient (Wildman–Crippen LogP) is 3.72. The molecule has 0 spiro atoms. The van der Waals surface area contributed by atoms with Crippen LogP contribution in [0.2, 0.25) is 0 Å². The summed E-state index contributed by atoms with van der Waals surface area (Å²) in [6.45, 7) is 7.66. The summed E-state index contributed by atoms with van der Waals surface area (Å²) in [4.78, 5) is 16.4. The van der Waals surface area contributed by atoms with Gasteiger partial charge < -0.3 is 14.5 Å². The van der Waals surface area contributed by atoms with E-state index < -0.39 is 0 Å². The van der Waals surface area contributed by atoms with E-state index in [1.54, 1.807) is 0 Å². The van der Waals surface area contributed by atoms with Gasteiger partial charge in [-0.1, -0.05) is 18.2 Å². The molecule has 2 N–H and O–H groups in total. The van der Waals surface area contributed by atoms with Gasteiger partial charge in [0.2, 0.25) is 0 Å². The van der Waals surface area contributed by atoms with E-state index in [1.165, 1.54) is 0 Å². The number of aryl methyl sites for hydroxylation is 2. The molecular weight excluding hydrogens is 294 g/mol. The molecule has 0 bridgehead atoms. The van der Waals surface area contributed by atoms with Crippen molar-refractivity contribution in [2.75, 3.05) is 5.32 Å². The number of anilines is 1. The van der Waals surface area contributed by atoms with E-state index in [4.69, 9.17) is 9.15 Å². The zero-order valence-electron chi connectivity index (χ0n) is 13.8. The molecule has 6 nitrogen and oxygen atoms in total. The summed E-state index contributed by atoms with van der Waals surface area (Å²) in [5, 5.41) is 5.62. The van der Waals surface area contributed by atoms with Crippen LogP contribution >= 0.6 is 0 Å². The number of urea groups is 1. The molecule has 1 atom stereocenters. The van der Waals surface area contributed by atoms with E-state index in [9.17, 15) is 4.79 Å². The Morgan fingerprint density at radius 1 is 1.30 bits per heavy atom. The zero-order chi connectivity index (χ0) is 16.6. The minimum Gasteiger partial charge on any atom is -0.487 e. The van der Waals surface area contributed by atoms with Gasteiger partial charge in [-0.25, -0.2) is 4.79 Å². The molecule has 122 valence electrons. The highest BCUT2D eigenvalue weighted by Gasteiger charge is 2.34. The third-order valence-electron chi connectivity index (χ3n) is 3.93. The molecule has 23 heavy (non-hydrogen) atoms. The lowest BCUT2D eigenvalue weighted by molar-refractivity contribution is 0.0683. The van der Waals surface area contributed by atoms with Crippen molar-refractivity contribution in [3.05, 3.63) is 41.3 Å². The molecule has 6 heteroatoms. The van der Waals surface area contributed by atoms with Crippen molar-refractivity contribution in [2.24, 2.45) is 0 Å². The van der Waals surface area contributed by atoms with E-state index in [-0.39, 0.29) is 23.7 Å². The van der Waals surface area contributed by atoms with E-state index in [0.29, 0.717) is 12.2 Å². The Morgan fingerprint density at radius 2 is 2.04 bits per heavy atom. The van der Waals surface area contributed by atoms with Gasteiger partial charge in [-0.3, -0.25) is 5.32 Å². The number of oxazole rings is 1. The first-order valence-electron chi connectivity index (χ1n) is 7.63. The van der Waals surface area contributed by atoms with Gasteiger partial charge in [-0.2, -0.15) is 4.98 Å². The second-order valence-electron chi connectivity index (χ2n) is 6.42. The van der Waals surface area contributed by atoms with Crippen LogP contribution in [-0.2, 0) is 0 Å². The fourth-order valence-electron chi connectivity index (χ4n) is 2.75. The van der Waals surface area contributed by atoms with Gasteiger partial charge in [0, 0.05) is 12.0 Å². The number of benzene rings is 1. The highest BCUT2D eigenvalue weighted by molar-refractivity contribution is 5.87. The highest BCUT2D eigenvalue weighted by Crippen LogP contribution is 2.39. The molecule has 0 unspecified atom stereocenters. The van der Waals surface area contributed by atoms with Crippen LogP contribution in [0.25, 0.3) is 0 Å². The van der Waals surface area contributed by atoms with Gasteiger partial charge in [0.05, 0.1) is 11.7 Å². The summed E-state index contributed by atoms with van der Waals surface area (Å²) in [6, 6.07) is 7.48. The van der Waals surface area contributed by atoms with E-state index in [2.05, 4.69) is 15.6 Å². The second kappa shape index (κ2) is 5.61. The number of aromatic nitrogens is 1. The molecule has 0 fully saturated rings. The van der Waals surface area contributed by atoms with Crippen LogP contribution < -0.4 is 15.4 Å². The maximum Gasteiger partial charge on any atom is 0.323 e. The Kier molecular flexibility index (Phi) is 3.75. The first-order valence-corrected chi connectivity index (χ1v) is 7.63. The minimum absolute atomic E-state index is 0.132. The molecule has 2 heterocycles. The minimum atomic E-state index is -0.345. The molecular formula is C17H21N3O3. The van der Waals surface area contributed by atoms with Gasteiger partial charge >= 0.3 is 12.0 Å². The van der Waals surface area contributed by atoms with Crippen LogP contribution in [0.4, 0.5) is 10.8 Å². The lowest BCUT2D eigenvalue weighted by Gasteiger charge is -2.37. The molecule has 2 aromatic rings. The Labute approximate surface area is 135 Å². The molecule has 0 radical (unpaired) electrons. The largest absolute Gasteiger partial charge is 0.487 e. The molecule has 1 aliphatic heterocycles. The van der Waals surface area contributed by atoms with Crippen molar-refractivity contribution in [2.45, 2.75) is 45.8 Å². The lowest BCUT2D eigenvalue weighted by atomic mass is 9.90. The van der Waals surface area contributed by atoms with Gasteiger partial charge in [-0.05, 0) is 33.8 Å². The average Bonchev–Trinajstić information content (AvgIpc) is 2.75. The summed E-state index contributed by atoms with van der Waals surface area (Å²) >= 11 is 0. The first-order chi connectivity index (χ1) is 10.8. The fraction of sp³-hybridized carbons (Fsp3) is 0.412. The maximum absolute atomic E-state index is 12.3. The van der Waals surface area contributed by atoms with Crippen molar-refractivity contribution in [1.82, 2.24) is 10.3 Å². The summed E-state index contributed by atoms with van der Waals surface area (Å²) in [5.74, 6) is 1.50. The number of carbonyl (C=O) groups is 1. The molecule has 1 aliphatic rings. The van der Waals surface area contributed by atoms with Crippen molar-refractivity contribution < 1.29 is 13.9 Å². The quantitative estimate of drug-likeness (QED) is 0.885. The van der Waals surface area contributed by atoms with Gasteiger partial charge in [0.15, 0.2) is 0 Å². The van der Waals surface area contributed by atoms with Gasteiger partial charge in [0.25, 0.3) is 0 Å². The van der Waals surface area contributed by atoms with Crippen LogP contribution in [0.1, 0.15) is 43.3 Å². The van der Waals surface area contributed by atoms with E-state index in [0.717, 1.165) is 17.0 Å². The normalized spacial score (nSPS) is 18.7. The number of hydrogen-bond donors (Lipinski definition) is 2. The predicted molar refractivity (Wildman–Crippen MR) is 86.6 cm³/mol. The van der Waals surface area contributed by atoms with Crippen molar-refractivity contribution in [1.29, 1.82) is 0 Å².